The molecule has 0 amide bonds. The monoisotopic (exact) mass is 749 g/mol. The van der Waals surface area contributed by atoms with E-state index in [1.165, 1.54) is 76.5 Å². The number of hydrogen-bond acceptors (Lipinski definition) is 3. The predicted octanol–water partition coefficient (Wildman–Crippen LogP) is 15.3. The summed E-state index contributed by atoms with van der Waals surface area (Å²) in [5.41, 5.74) is 11.6. The van der Waals surface area contributed by atoms with Gasteiger partial charge in [-0.15, -0.1) is 0 Å². The number of anilines is 3. The van der Waals surface area contributed by atoms with Crippen LogP contribution >= 0.6 is 0 Å². The quantitative estimate of drug-likeness (QED) is 0.159. The number of para-hydroxylation sites is 2. The number of fused-ring (bicyclic) bond motifs is 6. The van der Waals surface area contributed by atoms with Crippen LogP contribution in [-0.4, -0.2) is 0 Å². The van der Waals surface area contributed by atoms with Crippen molar-refractivity contribution in [2.45, 2.75) is 13.8 Å². The van der Waals surface area contributed by atoms with Crippen molar-refractivity contribution in [3.63, 3.8) is 0 Å². The van der Waals surface area contributed by atoms with Crippen LogP contribution in [0, 0.1) is 36.5 Å². The summed E-state index contributed by atoms with van der Waals surface area (Å²) in [6, 6.07) is 65.3. The Morgan fingerprint density at radius 3 is 1.34 bits per heavy atom. The zero-order chi connectivity index (χ0) is 39.8. The van der Waals surface area contributed by atoms with E-state index in [0.717, 1.165) is 44.2 Å². The van der Waals surface area contributed by atoms with E-state index in [4.69, 9.17) is 0 Å². The molecule has 59 heavy (non-hydrogen) atoms. The molecule has 0 radical (unpaired) electrons. The molecular weight excluding hydrogens is 715 g/mol. The van der Waals surface area contributed by atoms with E-state index in [-0.39, 0.29) is 5.57 Å². The summed E-state index contributed by atoms with van der Waals surface area (Å²) < 4.78 is 0. The van der Waals surface area contributed by atoms with Gasteiger partial charge in [0.2, 0.25) is 0 Å². The molecule has 3 nitrogen and oxygen atoms in total. The van der Waals surface area contributed by atoms with E-state index in [2.05, 4.69) is 201 Å². The fourth-order valence-electron chi connectivity index (χ4n) is 9.87. The fraction of sp³-hybridized carbons (Fsp3) is 0.0357. The molecule has 11 aromatic carbocycles. The van der Waals surface area contributed by atoms with Gasteiger partial charge in [-0.3, -0.25) is 0 Å². The molecular formula is C56H35N3. The standard InChI is InChI=1S/C56H35N3/c1-34-15-9-11-21-40(34)51-53-44-25-13-23-42-37(31-36(32-57)33-58)27-28-46(49(42)44)55(53)52(41-22-12-10-16-35(41)2)56-47-29-30-48(43-24-14-26-45(50(43)47)54(51)56)59(38-17-5-3-6-18-38)39-19-7-4-8-20-39/h3-31H,1-2H3. The molecule has 0 bridgehead atoms. The molecule has 0 aliphatic rings. The molecule has 0 N–H and O–H groups in total. The maximum atomic E-state index is 9.76. The largest absolute Gasteiger partial charge is 0.310 e. The third kappa shape index (κ3) is 4.99. The molecule has 11 aromatic rings. The number of rotatable bonds is 6. The number of aryl methyl sites for hydroxylation is 2. The van der Waals surface area contributed by atoms with Gasteiger partial charge in [0.15, 0.2) is 0 Å². The van der Waals surface area contributed by atoms with Crippen LogP contribution in [0.3, 0.4) is 0 Å². The van der Waals surface area contributed by atoms with Crippen molar-refractivity contribution in [3.05, 3.63) is 192 Å². The van der Waals surface area contributed by atoms with Crippen LogP contribution in [0.25, 0.3) is 93.0 Å². The Labute approximate surface area is 342 Å². The second-order valence-electron chi connectivity index (χ2n) is 15.5. The molecule has 0 aliphatic heterocycles. The number of allylic oxidation sites excluding steroid dienone is 1. The predicted molar refractivity (Wildman–Crippen MR) is 248 cm³/mol. The Balaban J connectivity index is 1.39. The van der Waals surface area contributed by atoms with Gasteiger partial charge in [0.25, 0.3) is 0 Å². The normalized spacial score (nSPS) is 11.5. The molecule has 0 unspecified atom stereocenters. The third-order valence-corrected chi connectivity index (χ3v) is 12.3. The van der Waals surface area contributed by atoms with Crippen LogP contribution in [0.5, 0.6) is 0 Å². The Morgan fingerprint density at radius 1 is 0.407 bits per heavy atom. The average Bonchev–Trinajstić information content (AvgIpc) is 3.79. The first-order valence-electron chi connectivity index (χ1n) is 20.0. The van der Waals surface area contributed by atoms with Gasteiger partial charge in [-0.05, 0) is 148 Å². The maximum Gasteiger partial charge on any atom is 0.130 e. The van der Waals surface area contributed by atoms with E-state index in [1.807, 2.05) is 0 Å². The SMILES string of the molecule is Cc1ccccc1-c1c2c3cccc4c(C=C(C#N)C#N)ccc(c2c(-c2ccccc2C)c2c5ccc(N(c6ccccc6)c6ccccc6)c6cccc(c12)c65)c43. The number of hydrogen-bond donors (Lipinski definition) is 0. The first kappa shape index (κ1) is 34.3. The Bertz CT molecular complexity index is 3430. The Hall–Kier alpha value is -7.98. The van der Waals surface area contributed by atoms with E-state index >= 15 is 0 Å². The van der Waals surface area contributed by atoms with E-state index < -0.39 is 0 Å². The molecule has 0 heterocycles. The minimum atomic E-state index is 0.0866. The molecule has 3 heteroatoms. The minimum Gasteiger partial charge on any atom is -0.310 e. The highest BCUT2D eigenvalue weighted by Gasteiger charge is 2.29. The molecule has 274 valence electrons. The van der Waals surface area contributed by atoms with Gasteiger partial charge >= 0.3 is 0 Å². The van der Waals surface area contributed by atoms with E-state index in [0.29, 0.717) is 0 Å². The molecule has 0 aromatic heterocycles. The average molecular weight is 750 g/mol. The lowest BCUT2D eigenvalue weighted by Crippen LogP contribution is -2.10. The highest BCUT2D eigenvalue weighted by atomic mass is 15.1. The van der Waals surface area contributed by atoms with Crippen LogP contribution in [0.1, 0.15) is 16.7 Å². The molecule has 0 atom stereocenters. The third-order valence-electron chi connectivity index (χ3n) is 12.3. The maximum absolute atomic E-state index is 9.76. The zero-order valence-electron chi connectivity index (χ0n) is 32.6. The number of nitriles is 2. The van der Waals surface area contributed by atoms with Gasteiger partial charge in [-0.2, -0.15) is 10.5 Å². The summed E-state index contributed by atoms with van der Waals surface area (Å²) >= 11 is 0. The molecule has 0 saturated carbocycles. The van der Waals surface area contributed by atoms with Gasteiger partial charge in [-0.25, -0.2) is 0 Å². The van der Waals surface area contributed by atoms with Crippen molar-refractivity contribution >= 4 is 87.8 Å². The highest BCUT2D eigenvalue weighted by molar-refractivity contribution is 6.47. The van der Waals surface area contributed by atoms with Gasteiger partial charge in [0, 0.05) is 16.8 Å². The van der Waals surface area contributed by atoms with Crippen LogP contribution < -0.4 is 4.90 Å². The van der Waals surface area contributed by atoms with Crippen molar-refractivity contribution < 1.29 is 0 Å². The smallest absolute Gasteiger partial charge is 0.130 e. The van der Waals surface area contributed by atoms with Crippen LogP contribution in [-0.2, 0) is 0 Å². The summed E-state index contributed by atoms with van der Waals surface area (Å²) in [5, 5.41) is 33.9. The highest BCUT2D eigenvalue weighted by Crippen LogP contribution is 2.57. The lowest BCUT2D eigenvalue weighted by molar-refractivity contribution is 1.30. The van der Waals surface area contributed by atoms with Crippen LogP contribution in [0.2, 0.25) is 0 Å². The zero-order valence-corrected chi connectivity index (χ0v) is 32.6. The molecule has 0 aliphatic carbocycles. The summed E-state index contributed by atoms with van der Waals surface area (Å²) in [6.07, 6.45) is 1.72. The van der Waals surface area contributed by atoms with Crippen molar-refractivity contribution in [1.82, 2.24) is 0 Å². The van der Waals surface area contributed by atoms with Gasteiger partial charge in [-0.1, -0.05) is 140 Å². The van der Waals surface area contributed by atoms with E-state index in [1.54, 1.807) is 6.08 Å². The van der Waals surface area contributed by atoms with Crippen molar-refractivity contribution in [3.8, 4) is 34.4 Å². The lowest BCUT2D eigenvalue weighted by atomic mass is 9.85. The van der Waals surface area contributed by atoms with Gasteiger partial charge in [0.05, 0.1) is 5.69 Å². The summed E-state index contributed by atoms with van der Waals surface area (Å²) in [6.45, 7) is 4.44. The fourth-order valence-corrected chi connectivity index (χ4v) is 9.87. The first-order valence-corrected chi connectivity index (χ1v) is 20.0. The topological polar surface area (TPSA) is 50.8 Å². The van der Waals surface area contributed by atoms with Gasteiger partial charge in [0.1, 0.15) is 17.7 Å². The van der Waals surface area contributed by atoms with Crippen molar-refractivity contribution in [1.29, 1.82) is 10.5 Å². The van der Waals surface area contributed by atoms with Crippen molar-refractivity contribution in [2.75, 3.05) is 4.90 Å². The first-order chi connectivity index (χ1) is 29.1. The van der Waals surface area contributed by atoms with Gasteiger partial charge < -0.3 is 4.90 Å². The lowest BCUT2D eigenvalue weighted by Gasteiger charge is -2.27. The second-order valence-corrected chi connectivity index (χ2v) is 15.5. The Kier molecular flexibility index (Phi) is 7.74. The second kappa shape index (κ2) is 13.3. The molecule has 11 rings (SSSR count). The van der Waals surface area contributed by atoms with Crippen LogP contribution in [0.15, 0.2) is 175 Å². The van der Waals surface area contributed by atoms with Crippen molar-refractivity contribution in [2.24, 2.45) is 0 Å². The summed E-state index contributed by atoms with van der Waals surface area (Å²) in [7, 11) is 0. The van der Waals surface area contributed by atoms with E-state index in [9.17, 15) is 10.5 Å². The molecule has 0 fully saturated rings. The Morgan fingerprint density at radius 2 is 0.831 bits per heavy atom. The minimum absolute atomic E-state index is 0.0866. The summed E-state index contributed by atoms with van der Waals surface area (Å²) in [4.78, 5) is 2.38. The van der Waals surface area contributed by atoms with Crippen LogP contribution in [0.4, 0.5) is 17.1 Å². The number of benzene rings is 9. The summed E-state index contributed by atoms with van der Waals surface area (Å²) in [5.74, 6) is 0. The number of nitrogens with zero attached hydrogens (tertiary/aromatic N) is 3. The molecule has 0 spiro atoms. The molecule has 0 saturated heterocycles.